The third-order valence-electron chi connectivity index (χ3n) is 3.16. The molecule has 5 nitrogen and oxygen atoms in total. The molecule has 0 saturated carbocycles. The van der Waals surface area contributed by atoms with Gasteiger partial charge in [-0.3, -0.25) is 9.80 Å². The predicted octanol–water partition coefficient (Wildman–Crippen LogP) is 1.92. The van der Waals surface area contributed by atoms with E-state index in [9.17, 15) is 4.79 Å². The number of aromatic amines is 1. The van der Waals surface area contributed by atoms with Gasteiger partial charge in [0.1, 0.15) is 5.82 Å². The first-order valence-corrected chi connectivity index (χ1v) is 6.53. The number of carbonyl (C=O) groups excluding carboxylic acids is 1. The molecule has 0 atom stereocenters. The van der Waals surface area contributed by atoms with Crippen molar-refractivity contribution in [1.29, 1.82) is 0 Å². The molecular weight excluding hydrogens is 240 g/mol. The SMILES string of the molecule is Cc1nc2ccc(CCCCC(=O)N(C)N)cc2[nH]1. The summed E-state index contributed by atoms with van der Waals surface area (Å²) >= 11 is 0. The number of fused-ring (bicyclic) bond motifs is 1. The second-order valence-electron chi connectivity index (χ2n) is 4.89. The number of hydrogen-bond donors (Lipinski definition) is 2. The van der Waals surface area contributed by atoms with Crippen LogP contribution < -0.4 is 5.84 Å². The van der Waals surface area contributed by atoms with E-state index in [0.717, 1.165) is 41.1 Å². The number of amides is 1. The molecule has 1 heterocycles. The molecule has 0 aliphatic heterocycles. The number of benzene rings is 1. The lowest BCUT2D eigenvalue weighted by molar-refractivity contribution is -0.130. The molecule has 0 saturated heterocycles. The third-order valence-corrected chi connectivity index (χ3v) is 3.16. The molecule has 1 aromatic heterocycles. The fourth-order valence-corrected chi connectivity index (χ4v) is 2.12. The number of nitrogens with one attached hydrogen (secondary N) is 1. The Labute approximate surface area is 112 Å². The van der Waals surface area contributed by atoms with Gasteiger partial charge in [0.05, 0.1) is 11.0 Å². The van der Waals surface area contributed by atoms with E-state index >= 15 is 0 Å². The first-order valence-electron chi connectivity index (χ1n) is 6.53. The molecule has 0 radical (unpaired) electrons. The van der Waals surface area contributed by atoms with Gasteiger partial charge in [0.2, 0.25) is 5.91 Å². The van der Waals surface area contributed by atoms with E-state index in [4.69, 9.17) is 5.84 Å². The maximum atomic E-state index is 11.3. The van der Waals surface area contributed by atoms with Crippen LogP contribution in [0.2, 0.25) is 0 Å². The Kier molecular flexibility index (Phi) is 4.16. The van der Waals surface area contributed by atoms with E-state index in [1.54, 1.807) is 7.05 Å². The Morgan fingerprint density at radius 2 is 2.21 bits per heavy atom. The average molecular weight is 260 g/mol. The van der Waals surface area contributed by atoms with E-state index in [1.165, 1.54) is 5.56 Å². The van der Waals surface area contributed by atoms with Crippen molar-refractivity contribution in [2.75, 3.05) is 7.05 Å². The lowest BCUT2D eigenvalue weighted by Gasteiger charge is -2.09. The largest absolute Gasteiger partial charge is 0.342 e. The molecule has 0 aliphatic carbocycles. The monoisotopic (exact) mass is 260 g/mol. The molecule has 2 aromatic rings. The molecular formula is C14H20N4O. The quantitative estimate of drug-likeness (QED) is 0.373. The summed E-state index contributed by atoms with van der Waals surface area (Å²) in [6.45, 7) is 1.95. The highest BCUT2D eigenvalue weighted by atomic mass is 16.2. The zero-order chi connectivity index (χ0) is 13.8. The van der Waals surface area contributed by atoms with E-state index < -0.39 is 0 Å². The van der Waals surface area contributed by atoms with E-state index in [-0.39, 0.29) is 5.91 Å². The van der Waals surface area contributed by atoms with Crippen LogP contribution >= 0.6 is 0 Å². The van der Waals surface area contributed by atoms with E-state index in [1.807, 2.05) is 13.0 Å². The topological polar surface area (TPSA) is 75.0 Å². The molecule has 1 aromatic carbocycles. The summed E-state index contributed by atoms with van der Waals surface area (Å²) in [6.07, 6.45) is 3.33. The maximum Gasteiger partial charge on any atom is 0.236 e. The Morgan fingerprint density at radius 3 is 2.95 bits per heavy atom. The highest BCUT2D eigenvalue weighted by Crippen LogP contribution is 2.15. The molecule has 19 heavy (non-hydrogen) atoms. The predicted molar refractivity (Wildman–Crippen MR) is 75.3 cm³/mol. The number of unbranched alkanes of at least 4 members (excludes halogenated alkanes) is 1. The van der Waals surface area contributed by atoms with Crippen LogP contribution in [0.4, 0.5) is 0 Å². The zero-order valence-electron chi connectivity index (χ0n) is 11.4. The molecule has 0 fully saturated rings. The van der Waals surface area contributed by atoms with Crippen molar-refractivity contribution in [3.05, 3.63) is 29.6 Å². The summed E-state index contributed by atoms with van der Waals surface area (Å²) in [4.78, 5) is 18.9. The number of imidazole rings is 1. The van der Waals surface area contributed by atoms with Gasteiger partial charge < -0.3 is 4.98 Å². The highest BCUT2D eigenvalue weighted by Gasteiger charge is 2.04. The number of aryl methyl sites for hydroxylation is 2. The van der Waals surface area contributed by atoms with E-state index in [0.29, 0.717) is 6.42 Å². The molecule has 2 rings (SSSR count). The van der Waals surface area contributed by atoms with Gasteiger partial charge in [-0.15, -0.1) is 0 Å². The first-order chi connectivity index (χ1) is 9.06. The van der Waals surface area contributed by atoms with Gasteiger partial charge >= 0.3 is 0 Å². The summed E-state index contributed by atoms with van der Waals surface area (Å²) in [6, 6.07) is 6.26. The van der Waals surface area contributed by atoms with Crippen molar-refractivity contribution in [3.63, 3.8) is 0 Å². The van der Waals surface area contributed by atoms with Crippen LogP contribution in [0.15, 0.2) is 18.2 Å². The summed E-state index contributed by atoms with van der Waals surface area (Å²) in [5.41, 5.74) is 3.35. The summed E-state index contributed by atoms with van der Waals surface area (Å²) in [5.74, 6) is 6.29. The highest BCUT2D eigenvalue weighted by molar-refractivity contribution is 5.76. The summed E-state index contributed by atoms with van der Waals surface area (Å²) in [5, 5.41) is 1.15. The number of aromatic nitrogens is 2. The normalized spacial score (nSPS) is 10.9. The summed E-state index contributed by atoms with van der Waals surface area (Å²) in [7, 11) is 1.58. The number of hydrazine groups is 1. The first kappa shape index (κ1) is 13.5. The minimum Gasteiger partial charge on any atom is -0.342 e. The second-order valence-corrected chi connectivity index (χ2v) is 4.89. The Morgan fingerprint density at radius 1 is 1.42 bits per heavy atom. The smallest absolute Gasteiger partial charge is 0.236 e. The Bertz CT molecular complexity index is 574. The average Bonchev–Trinajstić information content (AvgIpc) is 2.73. The minimum absolute atomic E-state index is 0.0142. The molecule has 0 unspecified atom stereocenters. The lowest BCUT2D eigenvalue weighted by atomic mass is 10.1. The van der Waals surface area contributed by atoms with Crippen molar-refractivity contribution in [3.8, 4) is 0 Å². The van der Waals surface area contributed by atoms with Crippen LogP contribution in [-0.2, 0) is 11.2 Å². The molecule has 0 spiro atoms. The number of hydrogen-bond acceptors (Lipinski definition) is 3. The molecule has 102 valence electrons. The van der Waals surface area contributed by atoms with Crippen molar-refractivity contribution in [2.45, 2.75) is 32.6 Å². The van der Waals surface area contributed by atoms with Gasteiger partial charge in [0.25, 0.3) is 0 Å². The van der Waals surface area contributed by atoms with Gasteiger partial charge in [-0.25, -0.2) is 10.8 Å². The third kappa shape index (κ3) is 3.54. The fraction of sp³-hybridized carbons (Fsp3) is 0.429. The van der Waals surface area contributed by atoms with Gasteiger partial charge in [0, 0.05) is 13.5 Å². The van der Waals surface area contributed by atoms with Crippen molar-refractivity contribution >= 4 is 16.9 Å². The van der Waals surface area contributed by atoms with Gasteiger partial charge in [-0.2, -0.15) is 0 Å². The van der Waals surface area contributed by atoms with Gasteiger partial charge in [0.15, 0.2) is 0 Å². The van der Waals surface area contributed by atoms with Gasteiger partial charge in [-0.1, -0.05) is 6.07 Å². The standard InChI is InChI=1S/C14H20N4O/c1-10-16-12-8-7-11(9-13(12)17-10)5-3-4-6-14(19)18(2)15/h7-9H,3-6,15H2,1-2H3,(H,16,17). The molecule has 3 N–H and O–H groups in total. The lowest BCUT2D eigenvalue weighted by Crippen LogP contribution is -2.32. The number of carbonyl (C=O) groups is 1. The van der Waals surface area contributed by atoms with Crippen molar-refractivity contribution < 1.29 is 4.79 Å². The number of nitrogens with two attached hydrogens (primary N) is 1. The van der Waals surface area contributed by atoms with Gasteiger partial charge in [-0.05, 0) is 43.9 Å². The molecule has 0 bridgehead atoms. The maximum absolute atomic E-state index is 11.3. The van der Waals surface area contributed by atoms with Crippen LogP contribution in [-0.4, -0.2) is 27.9 Å². The zero-order valence-corrected chi connectivity index (χ0v) is 11.4. The molecule has 1 amide bonds. The minimum atomic E-state index is -0.0142. The van der Waals surface area contributed by atoms with Crippen molar-refractivity contribution in [1.82, 2.24) is 15.0 Å². The second kappa shape index (κ2) is 5.84. The van der Waals surface area contributed by atoms with Crippen LogP contribution in [0.1, 0.15) is 30.7 Å². The van der Waals surface area contributed by atoms with Crippen LogP contribution in [0.25, 0.3) is 11.0 Å². The number of H-pyrrole nitrogens is 1. The number of rotatable bonds is 5. The molecule has 0 aliphatic rings. The van der Waals surface area contributed by atoms with E-state index in [2.05, 4.69) is 22.1 Å². The van der Waals surface area contributed by atoms with Crippen LogP contribution in [0.5, 0.6) is 0 Å². The number of nitrogens with zero attached hydrogens (tertiary/aromatic N) is 2. The summed E-state index contributed by atoms with van der Waals surface area (Å²) < 4.78 is 0. The van der Waals surface area contributed by atoms with Crippen LogP contribution in [0, 0.1) is 6.92 Å². The molecule has 5 heteroatoms. The Balaban J connectivity index is 1.86. The Hall–Kier alpha value is -1.88. The van der Waals surface area contributed by atoms with Crippen LogP contribution in [0.3, 0.4) is 0 Å². The fourth-order valence-electron chi connectivity index (χ4n) is 2.12. The van der Waals surface area contributed by atoms with Crippen molar-refractivity contribution in [2.24, 2.45) is 5.84 Å².